The van der Waals surface area contributed by atoms with Crippen LogP contribution in [0.15, 0.2) is 24.3 Å². The minimum atomic E-state index is -1.12. The van der Waals surface area contributed by atoms with Gasteiger partial charge < -0.3 is 15.0 Å². The molecule has 0 saturated heterocycles. The lowest BCUT2D eigenvalue weighted by Gasteiger charge is -2.19. The Morgan fingerprint density at radius 1 is 1.33 bits per heavy atom. The SMILES string of the molecule is CC(C)(C)c1ccc(C(=O)[O-])cc1.[NH3+]NCCO. The predicted molar refractivity (Wildman–Crippen MR) is 67.4 cm³/mol. The summed E-state index contributed by atoms with van der Waals surface area (Å²) in [6, 6.07) is 6.81. The van der Waals surface area contributed by atoms with Crippen molar-refractivity contribution in [2.45, 2.75) is 26.2 Å². The maximum absolute atomic E-state index is 10.5. The zero-order valence-electron chi connectivity index (χ0n) is 11.2. The summed E-state index contributed by atoms with van der Waals surface area (Å²) in [4.78, 5) is 10.5. The van der Waals surface area contributed by atoms with Crippen LogP contribution in [-0.4, -0.2) is 24.2 Å². The molecule has 0 spiro atoms. The van der Waals surface area contributed by atoms with Gasteiger partial charge >= 0.3 is 0 Å². The van der Waals surface area contributed by atoms with Crippen molar-refractivity contribution in [2.24, 2.45) is 0 Å². The van der Waals surface area contributed by atoms with Crippen molar-refractivity contribution < 1.29 is 20.9 Å². The molecule has 0 aliphatic rings. The maximum atomic E-state index is 10.5. The van der Waals surface area contributed by atoms with Crippen LogP contribution in [0, 0.1) is 0 Å². The third-order valence-electron chi connectivity index (χ3n) is 2.28. The zero-order chi connectivity index (χ0) is 14.2. The second kappa shape index (κ2) is 7.81. The van der Waals surface area contributed by atoms with Crippen molar-refractivity contribution in [3.05, 3.63) is 35.4 Å². The Hall–Kier alpha value is -1.43. The van der Waals surface area contributed by atoms with Gasteiger partial charge in [0.15, 0.2) is 0 Å². The molecular weight excluding hydrogens is 232 g/mol. The lowest BCUT2D eigenvalue weighted by atomic mass is 9.87. The lowest BCUT2D eigenvalue weighted by molar-refractivity contribution is -0.443. The Kier molecular flexibility index (Phi) is 7.19. The van der Waals surface area contributed by atoms with Gasteiger partial charge in [0.25, 0.3) is 0 Å². The first-order valence-corrected chi connectivity index (χ1v) is 5.75. The van der Waals surface area contributed by atoms with Crippen LogP contribution in [0.1, 0.15) is 36.7 Å². The zero-order valence-corrected chi connectivity index (χ0v) is 11.2. The molecule has 18 heavy (non-hydrogen) atoms. The van der Waals surface area contributed by atoms with E-state index in [9.17, 15) is 9.90 Å². The van der Waals surface area contributed by atoms with E-state index in [0.29, 0.717) is 6.54 Å². The molecule has 0 fully saturated rings. The maximum Gasteiger partial charge on any atom is 0.0715 e. The Morgan fingerprint density at radius 3 is 2.06 bits per heavy atom. The minimum Gasteiger partial charge on any atom is -0.545 e. The van der Waals surface area contributed by atoms with Crippen LogP contribution in [0.4, 0.5) is 0 Å². The number of carbonyl (C=O) groups is 1. The van der Waals surface area contributed by atoms with Gasteiger partial charge in [-0.3, -0.25) is 5.84 Å². The van der Waals surface area contributed by atoms with Crippen LogP contribution in [0.2, 0.25) is 0 Å². The Balaban J connectivity index is 0.000000494. The number of hydrogen-bond donors (Lipinski definition) is 3. The van der Waals surface area contributed by atoms with Crippen molar-refractivity contribution in [3.8, 4) is 0 Å². The van der Waals surface area contributed by atoms with Crippen molar-refractivity contribution in [1.29, 1.82) is 0 Å². The van der Waals surface area contributed by atoms with Gasteiger partial charge in [0, 0.05) is 0 Å². The van der Waals surface area contributed by atoms with Crippen LogP contribution in [-0.2, 0) is 5.41 Å². The molecule has 0 radical (unpaired) electrons. The third-order valence-corrected chi connectivity index (χ3v) is 2.28. The van der Waals surface area contributed by atoms with E-state index in [1.165, 1.54) is 0 Å². The number of carboxylic acids is 1. The molecule has 1 aromatic rings. The number of rotatable bonds is 3. The standard InChI is InChI=1S/C11H14O2.C2H8N2O/c1-11(2,3)9-6-4-8(5-7-9)10(12)13;3-4-1-2-5/h4-7H,1-3H3,(H,12,13);4-5H,1-3H2. The largest absolute Gasteiger partial charge is 0.545 e. The van der Waals surface area contributed by atoms with Gasteiger partial charge in [-0.15, -0.1) is 0 Å². The topological polar surface area (TPSA) is 100 Å². The number of quaternary nitrogens is 1. The van der Waals surface area contributed by atoms with E-state index >= 15 is 0 Å². The minimum absolute atomic E-state index is 0.0600. The quantitative estimate of drug-likeness (QED) is 0.607. The van der Waals surface area contributed by atoms with E-state index in [1.54, 1.807) is 12.1 Å². The summed E-state index contributed by atoms with van der Waals surface area (Å²) in [5.74, 6) is 2.14. The van der Waals surface area contributed by atoms with Crippen molar-refractivity contribution >= 4 is 5.97 Å². The number of aliphatic hydroxyl groups excluding tert-OH is 1. The van der Waals surface area contributed by atoms with Gasteiger partial charge in [0.2, 0.25) is 0 Å². The second-order valence-corrected chi connectivity index (χ2v) is 4.84. The van der Waals surface area contributed by atoms with Crippen LogP contribution in [0.5, 0.6) is 0 Å². The molecule has 0 bridgehead atoms. The molecule has 0 atom stereocenters. The van der Waals surface area contributed by atoms with E-state index in [1.807, 2.05) is 12.1 Å². The molecule has 0 unspecified atom stereocenters. The van der Waals surface area contributed by atoms with E-state index in [4.69, 9.17) is 5.11 Å². The number of aliphatic hydroxyl groups is 1. The Bertz CT molecular complexity index is 353. The number of benzene rings is 1. The van der Waals surface area contributed by atoms with Crippen LogP contribution >= 0.6 is 0 Å². The fraction of sp³-hybridized carbons (Fsp3) is 0.462. The molecule has 5 nitrogen and oxygen atoms in total. The molecule has 0 aromatic heterocycles. The normalized spacial score (nSPS) is 10.5. The lowest BCUT2D eigenvalue weighted by Crippen LogP contribution is -2.65. The van der Waals surface area contributed by atoms with Gasteiger partial charge in [-0.05, 0) is 16.5 Å². The van der Waals surface area contributed by atoms with Gasteiger partial charge in [0.1, 0.15) is 0 Å². The highest BCUT2D eigenvalue weighted by Gasteiger charge is 2.12. The van der Waals surface area contributed by atoms with Crippen molar-refractivity contribution in [1.82, 2.24) is 5.43 Å². The highest BCUT2D eigenvalue weighted by Crippen LogP contribution is 2.21. The van der Waals surface area contributed by atoms with Crippen LogP contribution < -0.4 is 16.4 Å². The number of carbonyl (C=O) groups excluding carboxylic acids is 1. The van der Waals surface area contributed by atoms with E-state index in [-0.39, 0.29) is 17.6 Å². The first kappa shape index (κ1) is 16.6. The first-order valence-electron chi connectivity index (χ1n) is 5.75. The Labute approximate surface area is 108 Å². The van der Waals surface area contributed by atoms with E-state index in [0.717, 1.165) is 5.56 Å². The number of aromatic carboxylic acids is 1. The highest BCUT2D eigenvalue weighted by atomic mass is 16.4. The number of carboxylic acid groups (broad SMARTS) is 1. The smallest absolute Gasteiger partial charge is 0.0715 e. The molecular formula is C13H22N2O3. The average molecular weight is 254 g/mol. The molecule has 0 aliphatic heterocycles. The molecule has 5 heteroatoms. The summed E-state index contributed by atoms with van der Waals surface area (Å²) in [6.45, 7) is 7.01. The highest BCUT2D eigenvalue weighted by molar-refractivity contribution is 5.85. The first-order chi connectivity index (χ1) is 8.32. The summed E-state index contributed by atoms with van der Waals surface area (Å²) in [5.41, 5.74) is 3.93. The molecule has 0 heterocycles. The summed E-state index contributed by atoms with van der Waals surface area (Å²) in [7, 11) is 0. The van der Waals surface area contributed by atoms with Gasteiger partial charge in [-0.25, -0.2) is 0 Å². The number of nitrogens with one attached hydrogen (secondary N) is 1. The summed E-state index contributed by atoms with van der Waals surface area (Å²) < 4.78 is 0. The summed E-state index contributed by atoms with van der Waals surface area (Å²) in [6.07, 6.45) is 0. The van der Waals surface area contributed by atoms with Crippen LogP contribution in [0.3, 0.4) is 0 Å². The molecule has 0 saturated carbocycles. The fourth-order valence-electron chi connectivity index (χ4n) is 1.19. The van der Waals surface area contributed by atoms with Gasteiger partial charge in [-0.2, -0.15) is 5.43 Å². The van der Waals surface area contributed by atoms with Crippen molar-refractivity contribution in [2.75, 3.05) is 13.2 Å². The van der Waals surface area contributed by atoms with Gasteiger partial charge in [0.05, 0.1) is 19.1 Å². The molecule has 1 rings (SSSR count). The fourth-order valence-corrected chi connectivity index (χ4v) is 1.19. The second-order valence-electron chi connectivity index (χ2n) is 4.84. The summed E-state index contributed by atoms with van der Waals surface area (Å²) >= 11 is 0. The average Bonchev–Trinajstić information content (AvgIpc) is 2.30. The third kappa shape index (κ3) is 6.34. The van der Waals surface area contributed by atoms with E-state index < -0.39 is 5.97 Å². The molecule has 0 aliphatic carbocycles. The van der Waals surface area contributed by atoms with Crippen LogP contribution in [0.25, 0.3) is 0 Å². The summed E-state index contributed by atoms with van der Waals surface area (Å²) in [5, 5.41) is 18.4. The molecule has 0 amide bonds. The van der Waals surface area contributed by atoms with Gasteiger partial charge in [-0.1, -0.05) is 45.0 Å². The monoisotopic (exact) mass is 254 g/mol. The Morgan fingerprint density at radius 2 is 1.83 bits per heavy atom. The number of hydrogen-bond acceptors (Lipinski definition) is 4. The van der Waals surface area contributed by atoms with E-state index in [2.05, 4.69) is 32.0 Å². The molecule has 1 aromatic carbocycles. The molecule has 102 valence electrons. The predicted octanol–water partition coefficient (Wildman–Crippen LogP) is -0.927. The van der Waals surface area contributed by atoms with Crippen molar-refractivity contribution in [3.63, 3.8) is 0 Å². The molecule has 5 N–H and O–H groups in total.